The summed E-state index contributed by atoms with van der Waals surface area (Å²) in [4.78, 5) is 64.7. The molecule has 43 heavy (non-hydrogen) atoms. The van der Waals surface area contributed by atoms with Crippen molar-refractivity contribution < 1.29 is 104 Å². The van der Waals surface area contributed by atoms with E-state index in [4.69, 9.17) is 9.84 Å². The van der Waals surface area contributed by atoms with E-state index in [9.17, 15) is 54.6 Å². The van der Waals surface area contributed by atoms with Gasteiger partial charge in [-0.15, -0.1) is 0 Å². The van der Waals surface area contributed by atoms with Crippen LogP contribution in [0, 0.1) is 39.9 Å². The van der Waals surface area contributed by atoms with Gasteiger partial charge >= 0.3 is 45.9 Å². The summed E-state index contributed by atoms with van der Waals surface area (Å²) in [5.41, 5.74) is 0. The Hall–Kier alpha value is -1.65. The number of nitrogens with one attached hydrogen (secondary N) is 1. The number of aliphatic carboxylic acids is 4. The molecule has 0 aromatic heterocycles. The van der Waals surface area contributed by atoms with E-state index in [2.05, 4.69) is 5.32 Å². The van der Waals surface area contributed by atoms with Crippen LogP contribution in [0.1, 0.15) is 6.42 Å². The van der Waals surface area contributed by atoms with Gasteiger partial charge in [0.15, 0.2) is 0 Å². The van der Waals surface area contributed by atoms with Gasteiger partial charge in [0.05, 0.1) is 82.0 Å². The Labute approximate surface area is 280 Å². The van der Waals surface area contributed by atoms with Crippen molar-refractivity contribution in [3.8, 4) is 0 Å². The number of hydrogen-bond donors (Lipinski definition) is 5. The molecule has 0 aliphatic carbocycles. The Morgan fingerprint density at radius 2 is 1.12 bits per heavy atom. The molecular weight excluding hydrogens is 724 g/mol. The molecule has 3 unspecified atom stereocenters. The SMILES string of the molecule is O=C(O)CC(C(=O)[O-])N1CCN(CC(=O)NCCOCCO)CCN(C(CO)C(=O)[O-])CCN(C(CO)C(=O)[O-])CC1.[Gd+3]. The van der Waals surface area contributed by atoms with E-state index in [1.165, 1.54) is 14.7 Å². The zero-order valence-electron chi connectivity index (χ0n) is 23.7. The van der Waals surface area contributed by atoms with Crippen molar-refractivity contribution in [3.05, 3.63) is 0 Å². The Bertz CT molecular complexity index is 887. The number of carbonyl (C=O) groups excluding carboxylic acids is 4. The fourth-order valence-corrected chi connectivity index (χ4v) is 4.49. The molecule has 19 heteroatoms. The minimum Gasteiger partial charge on any atom is -0.548 e. The summed E-state index contributed by atoms with van der Waals surface area (Å²) in [5, 5.41) is 75.3. The van der Waals surface area contributed by atoms with Gasteiger partial charge in [-0.25, -0.2) is 0 Å². The van der Waals surface area contributed by atoms with Gasteiger partial charge < -0.3 is 60.2 Å². The fourth-order valence-electron chi connectivity index (χ4n) is 4.49. The third-order valence-corrected chi connectivity index (χ3v) is 6.78. The molecule has 1 aliphatic rings. The number of carboxylic acids is 4. The van der Waals surface area contributed by atoms with Gasteiger partial charge in [-0.05, 0) is 0 Å². The number of rotatable bonds is 17. The van der Waals surface area contributed by atoms with Crippen molar-refractivity contribution in [2.45, 2.75) is 24.5 Å². The average molecular weight is 764 g/mol. The average Bonchev–Trinajstić information content (AvgIpc) is 2.91. The maximum Gasteiger partial charge on any atom is 3.00 e. The Kier molecular flexibility index (Phi) is 21.9. The molecule has 1 saturated heterocycles. The zero-order valence-corrected chi connectivity index (χ0v) is 25.9. The molecule has 1 amide bonds. The van der Waals surface area contributed by atoms with E-state index < -0.39 is 67.5 Å². The van der Waals surface area contributed by atoms with Crippen molar-refractivity contribution >= 4 is 29.8 Å². The number of hydrogen-bond acceptors (Lipinski definition) is 16. The summed E-state index contributed by atoms with van der Waals surface area (Å²) in [6.45, 7) is -2.54. The molecule has 247 valence electrons. The maximum absolute atomic E-state index is 12.6. The standard InChI is InChI=1S/C24H43N5O13.Gd/c30-10-12-42-11-1-25-20(33)14-26-2-4-27(17(22(36)37)13-21(34)35)6-7-29(19(16-32)24(40)41)9-8-28(5-3-26)18(15-31)23(38)39;/h17-19,30-32H,1-16H2,(H,25,33)(H,34,35)(H,36,37)(H,38,39)(H,40,41);/q;+3/p-3. The van der Waals surface area contributed by atoms with Crippen molar-refractivity contribution in [2.75, 3.05) is 98.5 Å². The van der Waals surface area contributed by atoms with Crippen LogP contribution in [0.2, 0.25) is 0 Å². The van der Waals surface area contributed by atoms with Crippen LogP contribution in [0.25, 0.3) is 0 Å². The van der Waals surface area contributed by atoms with Gasteiger partial charge in [-0.2, -0.15) is 0 Å². The summed E-state index contributed by atoms with van der Waals surface area (Å²) in [7, 11) is 0. The molecule has 0 aromatic rings. The molecule has 5 N–H and O–H groups in total. The molecule has 1 fully saturated rings. The van der Waals surface area contributed by atoms with Crippen LogP contribution >= 0.6 is 0 Å². The minimum atomic E-state index is -1.67. The quantitative estimate of drug-likeness (QED) is 0.0861. The molecule has 1 radical (unpaired) electrons. The van der Waals surface area contributed by atoms with E-state index in [1.54, 1.807) is 4.90 Å². The molecule has 18 nitrogen and oxygen atoms in total. The number of ether oxygens (including phenoxy) is 1. The summed E-state index contributed by atoms with van der Waals surface area (Å²) in [5.74, 6) is -6.75. The first-order valence-electron chi connectivity index (χ1n) is 13.4. The number of carbonyl (C=O) groups is 5. The maximum atomic E-state index is 12.6. The predicted molar refractivity (Wildman–Crippen MR) is 135 cm³/mol. The number of aliphatic hydroxyl groups is 3. The monoisotopic (exact) mass is 764 g/mol. The van der Waals surface area contributed by atoms with E-state index in [0.717, 1.165) is 0 Å². The van der Waals surface area contributed by atoms with Gasteiger partial charge in [0.25, 0.3) is 0 Å². The molecule has 1 heterocycles. The van der Waals surface area contributed by atoms with E-state index in [-0.39, 0.29) is 125 Å². The van der Waals surface area contributed by atoms with E-state index >= 15 is 0 Å². The van der Waals surface area contributed by atoms with Gasteiger partial charge in [-0.1, -0.05) is 0 Å². The Morgan fingerprint density at radius 1 is 0.698 bits per heavy atom. The second-order valence-corrected chi connectivity index (χ2v) is 9.54. The van der Waals surface area contributed by atoms with Crippen LogP contribution in [0.4, 0.5) is 0 Å². The van der Waals surface area contributed by atoms with Gasteiger partial charge in [0.1, 0.15) is 0 Å². The van der Waals surface area contributed by atoms with Crippen LogP contribution in [0.15, 0.2) is 0 Å². The third-order valence-electron chi connectivity index (χ3n) is 6.78. The van der Waals surface area contributed by atoms with Crippen LogP contribution < -0.4 is 20.6 Å². The van der Waals surface area contributed by atoms with Crippen LogP contribution in [0.5, 0.6) is 0 Å². The zero-order chi connectivity index (χ0) is 31.7. The summed E-state index contributed by atoms with van der Waals surface area (Å²) >= 11 is 0. The van der Waals surface area contributed by atoms with Gasteiger partial charge in [-0.3, -0.25) is 29.2 Å². The second kappa shape index (κ2) is 22.8. The first-order chi connectivity index (χ1) is 19.9. The number of nitrogens with zero attached hydrogens (tertiary/aromatic N) is 4. The molecule has 0 bridgehead atoms. The van der Waals surface area contributed by atoms with Crippen molar-refractivity contribution in [1.82, 2.24) is 24.9 Å². The molecule has 3 atom stereocenters. The summed E-state index contributed by atoms with van der Waals surface area (Å²) in [6.07, 6.45) is -0.821. The molecular formula is C24H40GdN5O13. The Morgan fingerprint density at radius 3 is 1.49 bits per heavy atom. The molecule has 0 aromatic carbocycles. The van der Waals surface area contributed by atoms with Crippen molar-refractivity contribution in [2.24, 2.45) is 0 Å². The van der Waals surface area contributed by atoms with Crippen molar-refractivity contribution in [3.63, 3.8) is 0 Å². The molecule has 0 saturated carbocycles. The first-order valence-corrected chi connectivity index (χ1v) is 13.4. The molecule has 1 rings (SSSR count). The third kappa shape index (κ3) is 15.8. The minimum absolute atomic E-state index is 0. The van der Waals surface area contributed by atoms with Gasteiger partial charge in [0.2, 0.25) is 5.91 Å². The molecule has 1 aliphatic heterocycles. The summed E-state index contributed by atoms with van der Waals surface area (Å²) < 4.78 is 5.09. The predicted octanol–water partition coefficient (Wildman–Crippen LogP) is -8.85. The van der Waals surface area contributed by atoms with Gasteiger partial charge in [0, 0.05) is 58.9 Å². The fraction of sp³-hybridized carbons (Fsp3) is 0.792. The smallest absolute Gasteiger partial charge is 0.548 e. The van der Waals surface area contributed by atoms with Crippen LogP contribution in [-0.4, -0.2) is 186 Å². The number of carboxylic acid groups (broad SMARTS) is 4. The normalized spacial score (nSPS) is 18.7. The van der Waals surface area contributed by atoms with E-state index in [1.807, 2.05) is 0 Å². The first kappa shape index (κ1) is 41.4. The number of aliphatic hydroxyl groups excluding tert-OH is 3. The van der Waals surface area contributed by atoms with Crippen LogP contribution in [-0.2, 0) is 28.7 Å². The van der Waals surface area contributed by atoms with Crippen LogP contribution in [0.3, 0.4) is 0 Å². The van der Waals surface area contributed by atoms with E-state index in [0.29, 0.717) is 0 Å². The van der Waals surface area contributed by atoms with Crippen molar-refractivity contribution in [1.29, 1.82) is 0 Å². The molecule has 0 spiro atoms. The topological polar surface area (TPSA) is 270 Å². The number of amides is 1. The second-order valence-electron chi connectivity index (χ2n) is 9.54. The largest absolute Gasteiger partial charge is 3.00 e. The summed E-state index contributed by atoms with van der Waals surface area (Å²) in [6, 6.07) is -4.62. The Balaban J connectivity index is 0.0000176.